The summed E-state index contributed by atoms with van der Waals surface area (Å²) in [6, 6.07) is 4.47. The molecule has 3 heteroatoms. The summed E-state index contributed by atoms with van der Waals surface area (Å²) in [4.78, 5) is 0. The van der Waals surface area contributed by atoms with E-state index in [4.69, 9.17) is 11.6 Å². The Morgan fingerprint density at radius 1 is 1.46 bits per heavy atom. The SMILES string of the molecule is OC(c1c(F)cccc1Cl)C1CC1. The minimum Gasteiger partial charge on any atom is -0.388 e. The third-order valence-electron chi connectivity index (χ3n) is 2.36. The van der Waals surface area contributed by atoms with Gasteiger partial charge in [0.25, 0.3) is 0 Å². The molecule has 1 aliphatic rings. The van der Waals surface area contributed by atoms with Crippen LogP contribution in [-0.4, -0.2) is 5.11 Å². The fourth-order valence-corrected chi connectivity index (χ4v) is 1.72. The van der Waals surface area contributed by atoms with Gasteiger partial charge in [-0.3, -0.25) is 0 Å². The number of hydrogen-bond donors (Lipinski definition) is 1. The molecule has 1 atom stereocenters. The molecule has 1 N–H and O–H groups in total. The van der Waals surface area contributed by atoms with Gasteiger partial charge in [0.05, 0.1) is 6.10 Å². The largest absolute Gasteiger partial charge is 0.388 e. The van der Waals surface area contributed by atoms with E-state index in [1.807, 2.05) is 0 Å². The highest BCUT2D eigenvalue weighted by molar-refractivity contribution is 6.31. The van der Waals surface area contributed by atoms with Crippen LogP contribution >= 0.6 is 11.6 Å². The molecule has 0 aromatic heterocycles. The quantitative estimate of drug-likeness (QED) is 0.779. The van der Waals surface area contributed by atoms with Crippen molar-refractivity contribution in [3.8, 4) is 0 Å². The summed E-state index contributed by atoms with van der Waals surface area (Å²) in [7, 11) is 0. The van der Waals surface area contributed by atoms with E-state index < -0.39 is 11.9 Å². The second-order valence-electron chi connectivity index (χ2n) is 3.42. The van der Waals surface area contributed by atoms with Crippen molar-refractivity contribution < 1.29 is 9.50 Å². The number of hydrogen-bond acceptors (Lipinski definition) is 1. The van der Waals surface area contributed by atoms with Gasteiger partial charge >= 0.3 is 0 Å². The van der Waals surface area contributed by atoms with Gasteiger partial charge in [0.2, 0.25) is 0 Å². The Bertz CT molecular complexity index is 302. The summed E-state index contributed by atoms with van der Waals surface area (Å²) in [5.74, 6) is -0.207. The van der Waals surface area contributed by atoms with Crippen molar-refractivity contribution in [2.24, 2.45) is 5.92 Å². The van der Waals surface area contributed by atoms with Gasteiger partial charge < -0.3 is 5.11 Å². The highest BCUT2D eigenvalue weighted by Crippen LogP contribution is 2.43. The monoisotopic (exact) mass is 200 g/mol. The van der Waals surface area contributed by atoms with E-state index in [0.717, 1.165) is 12.8 Å². The van der Waals surface area contributed by atoms with Gasteiger partial charge in [0.15, 0.2) is 0 Å². The minimum atomic E-state index is -0.728. The van der Waals surface area contributed by atoms with E-state index in [-0.39, 0.29) is 11.5 Å². The second kappa shape index (κ2) is 3.28. The van der Waals surface area contributed by atoms with Gasteiger partial charge in [-0.05, 0) is 30.9 Å². The first kappa shape index (κ1) is 8.97. The summed E-state index contributed by atoms with van der Waals surface area (Å²) in [5, 5.41) is 10.0. The standard InChI is InChI=1S/C10H10ClFO/c11-7-2-1-3-8(12)9(7)10(13)6-4-5-6/h1-3,6,10,13H,4-5H2. The first-order chi connectivity index (χ1) is 6.20. The van der Waals surface area contributed by atoms with Crippen molar-refractivity contribution in [3.63, 3.8) is 0 Å². The minimum absolute atomic E-state index is 0.203. The lowest BCUT2D eigenvalue weighted by Gasteiger charge is -2.11. The van der Waals surface area contributed by atoms with Gasteiger partial charge in [-0.1, -0.05) is 17.7 Å². The van der Waals surface area contributed by atoms with Crippen molar-refractivity contribution in [1.82, 2.24) is 0 Å². The molecule has 1 aromatic carbocycles. The number of aliphatic hydroxyl groups is 1. The summed E-state index contributed by atoms with van der Waals surface area (Å²) in [6.07, 6.45) is 1.20. The fourth-order valence-electron chi connectivity index (χ4n) is 1.44. The summed E-state index contributed by atoms with van der Waals surface area (Å²) < 4.78 is 13.2. The van der Waals surface area contributed by atoms with Crippen LogP contribution in [-0.2, 0) is 0 Å². The first-order valence-corrected chi connectivity index (χ1v) is 4.70. The van der Waals surface area contributed by atoms with Gasteiger partial charge in [-0.2, -0.15) is 0 Å². The number of rotatable bonds is 2. The van der Waals surface area contributed by atoms with E-state index in [1.54, 1.807) is 12.1 Å². The maximum Gasteiger partial charge on any atom is 0.130 e. The zero-order valence-electron chi connectivity index (χ0n) is 7.00. The van der Waals surface area contributed by atoms with Crippen LogP contribution in [0.4, 0.5) is 4.39 Å². The maximum atomic E-state index is 13.2. The summed E-state index contributed by atoms with van der Waals surface area (Å²) >= 11 is 5.80. The molecule has 1 fully saturated rings. The molecule has 70 valence electrons. The predicted molar refractivity (Wildman–Crippen MR) is 49.1 cm³/mol. The topological polar surface area (TPSA) is 20.2 Å². The molecule has 1 aromatic rings. The second-order valence-corrected chi connectivity index (χ2v) is 3.82. The van der Waals surface area contributed by atoms with Gasteiger partial charge in [-0.15, -0.1) is 0 Å². The van der Waals surface area contributed by atoms with Crippen LogP contribution in [0.25, 0.3) is 0 Å². The molecule has 0 amide bonds. The molecule has 1 saturated carbocycles. The Balaban J connectivity index is 2.36. The van der Waals surface area contributed by atoms with Gasteiger partial charge in [0.1, 0.15) is 5.82 Å². The van der Waals surface area contributed by atoms with Crippen LogP contribution in [0, 0.1) is 11.7 Å². The molecule has 0 saturated heterocycles. The van der Waals surface area contributed by atoms with Crippen molar-refractivity contribution >= 4 is 11.6 Å². The molecule has 1 unspecified atom stereocenters. The molecule has 0 spiro atoms. The van der Waals surface area contributed by atoms with E-state index >= 15 is 0 Å². The van der Waals surface area contributed by atoms with Crippen LogP contribution < -0.4 is 0 Å². The number of benzene rings is 1. The van der Waals surface area contributed by atoms with E-state index in [9.17, 15) is 9.50 Å². The van der Waals surface area contributed by atoms with Crippen molar-refractivity contribution in [1.29, 1.82) is 0 Å². The Labute approximate surface area is 81.1 Å². The first-order valence-electron chi connectivity index (χ1n) is 4.32. The highest BCUT2D eigenvalue weighted by Gasteiger charge is 2.33. The molecule has 1 nitrogen and oxygen atoms in total. The highest BCUT2D eigenvalue weighted by atomic mass is 35.5. The molecule has 0 heterocycles. The average molecular weight is 201 g/mol. The smallest absolute Gasteiger partial charge is 0.130 e. The van der Waals surface area contributed by atoms with E-state index in [0.29, 0.717) is 5.02 Å². The normalized spacial score (nSPS) is 18.7. The summed E-state index contributed by atoms with van der Waals surface area (Å²) in [6.45, 7) is 0. The molecule has 1 aliphatic carbocycles. The number of halogens is 2. The molecule has 0 bridgehead atoms. The summed E-state index contributed by atoms with van der Waals surface area (Å²) in [5.41, 5.74) is 0.256. The zero-order chi connectivity index (χ0) is 9.42. The molecule has 13 heavy (non-hydrogen) atoms. The van der Waals surface area contributed by atoms with E-state index in [2.05, 4.69) is 0 Å². The van der Waals surface area contributed by atoms with Crippen LogP contribution in [0.5, 0.6) is 0 Å². The third-order valence-corrected chi connectivity index (χ3v) is 2.69. The van der Waals surface area contributed by atoms with Crippen LogP contribution in [0.15, 0.2) is 18.2 Å². The Hall–Kier alpha value is -0.600. The van der Waals surface area contributed by atoms with Crippen LogP contribution in [0.2, 0.25) is 5.02 Å². The lowest BCUT2D eigenvalue weighted by molar-refractivity contribution is 0.149. The predicted octanol–water partition coefficient (Wildman–Crippen LogP) is 2.92. The van der Waals surface area contributed by atoms with E-state index in [1.165, 1.54) is 6.07 Å². The lowest BCUT2D eigenvalue weighted by atomic mass is 10.1. The Morgan fingerprint density at radius 3 is 2.69 bits per heavy atom. The van der Waals surface area contributed by atoms with Crippen LogP contribution in [0.3, 0.4) is 0 Å². The molecule has 2 rings (SSSR count). The average Bonchev–Trinajstić information content (AvgIpc) is 2.85. The molecular formula is C10H10ClFO. The Kier molecular flexibility index (Phi) is 2.26. The Morgan fingerprint density at radius 2 is 2.15 bits per heavy atom. The maximum absolute atomic E-state index is 13.2. The van der Waals surface area contributed by atoms with Crippen LogP contribution in [0.1, 0.15) is 24.5 Å². The molecular weight excluding hydrogens is 191 g/mol. The number of aliphatic hydroxyl groups excluding tert-OH is 1. The van der Waals surface area contributed by atoms with Crippen molar-refractivity contribution in [3.05, 3.63) is 34.6 Å². The fraction of sp³-hybridized carbons (Fsp3) is 0.400. The van der Waals surface area contributed by atoms with Crippen molar-refractivity contribution in [2.75, 3.05) is 0 Å². The molecule has 0 aliphatic heterocycles. The van der Waals surface area contributed by atoms with Gasteiger partial charge in [0, 0.05) is 10.6 Å². The third kappa shape index (κ3) is 1.69. The zero-order valence-corrected chi connectivity index (χ0v) is 7.76. The van der Waals surface area contributed by atoms with Crippen molar-refractivity contribution in [2.45, 2.75) is 18.9 Å². The molecule has 0 radical (unpaired) electrons. The van der Waals surface area contributed by atoms with Gasteiger partial charge in [-0.25, -0.2) is 4.39 Å². The lowest BCUT2D eigenvalue weighted by Crippen LogP contribution is -2.03.